The summed E-state index contributed by atoms with van der Waals surface area (Å²) in [7, 11) is 0. The number of hydrogen-bond donors (Lipinski definition) is 0. The maximum atomic E-state index is 0. The van der Waals surface area contributed by atoms with Crippen LogP contribution in [0.2, 0.25) is 0 Å². The summed E-state index contributed by atoms with van der Waals surface area (Å²) in [6, 6.07) is 0. The SMILES string of the molecule is [Al+3].[Ca+2].[Cr+3].[F-].[F-].[F-].[F-].[F-].[F-].[F-].[F-]. The smallest absolute Gasteiger partial charge is 1.00 e. The molecule has 0 heterocycles. The quantitative estimate of drug-likeness (QED) is 0.303. The molecule has 0 saturated heterocycles. The first-order valence-corrected chi connectivity index (χ1v) is 0. The molecule has 0 bridgehead atoms. The molecule has 0 unspecified atom stereocenters. The topological polar surface area (TPSA) is 0 Å². The average Bonchev–Trinajstić information content (AvgIpc) is 0. The minimum absolute atomic E-state index is 0. The molecule has 0 amide bonds. The Balaban J connectivity index is 0. The zero-order valence-electron chi connectivity index (χ0n) is 4.72. The van der Waals surface area contributed by atoms with Gasteiger partial charge in [0.2, 0.25) is 0 Å². The third-order valence-corrected chi connectivity index (χ3v) is 0. The molecule has 0 nitrogen and oxygen atoms in total. The van der Waals surface area contributed by atoms with E-state index in [0.29, 0.717) is 0 Å². The third kappa shape index (κ3) is 360. The predicted octanol–water partition coefficient (Wildman–Crippen LogP) is -24.7. The van der Waals surface area contributed by atoms with Crippen LogP contribution < -0.4 is 37.6 Å². The van der Waals surface area contributed by atoms with Gasteiger partial charge in [-0.25, -0.2) is 0 Å². The summed E-state index contributed by atoms with van der Waals surface area (Å²) in [5, 5.41) is 0. The number of rotatable bonds is 0. The molecule has 11 heavy (non-hydrogen) atoms. The van der Waals surface area contributed by atoms with Crippen LogP contribution >= 0.6 is 0 Å². The van der Waals surface area contributed by atoms with Crippen molar-refractivity contribution < 1.29 is 55.0 Å². The van der Waals surface area contributed by atoms with Crippen LogP contribution in [0.15, 0.2) is 0 Å². The zero-order valence-corrected chi connectivity index (χ0v) is 9.35. The van der Waals surface area contributed by atoms with Crippen LogP contribution in [0, 0.1) is 0 Å². The van der Waals surface area contributed by atoms with Crippen molar-refractivity contribution in [3.05, 3.63) is 0 Å². The van der Waals surface area contributed by atoms with Crippen molar-refractivity contribution in [2.24, 2.45) is 0 Å². The molecule has 0 aromatic carbocycles. The van der Waals surface area contributed by atoms with Gasteiger partial charge in [0.1, 0.15) is 0 Å². The van der Waals surface area contributed by atoms with Crippen molar-refractivity contribution in [1.82, 2.24) is 0 Å². The summed E-state index contributed by atoms with van der Waals surface area (Å²) >= 11 is 0. The summed E-state index contributed by atoms with van der Waals surface area (Å²) in [5.74, 6) is 0. The molecule has 0 aliphatic rings. The molecule has 0 saturated carbocycles. The average molecular weight is 271 g/mol. The van der Waals surface area contributed by atoms with Crippen molar-refractivity contribution in [1.29, 1.82) is 0 Å². The van der Waals surface area contributed by atoms with E-state index in [1.165, 1.54) is 0 Å². The molecule has 0 atom stereocenters. The summed E-state index contributed by atoms with van der Waals surface area (Å²) in [6.45, 7) is 0. The molecule has 0 fully saturated rings. The molecule has 67 valence electrons. The van der Waals surface area contributed by atoms with Crippen LogP contribution in [-0.2, 0) is 17.4 Å². The Bertz CT molecular complexity index is 14.1. The van der Waals surface area contributed by atoms with E-state index in [9.17, 15) is 0 Å². The first-order chi connectivity index (χ1) is 0. The molecule has 0 aromatic rings. The van der Waals surface area contributed by atoms with E-state index < -0.39 is 0 Å². The van der Waals surface area contributed by atoms with Crippen LogP contribution in [0.3, 0.4) is 0 Å². The Morgan fingerprint density at radius 1 is 0.364 bits per heavy atom. The fourth-order valence-electron chi connectivity index (χ4n) is 0. The Morgan fingerprint density at radius 2 is 0.364 bits per heavy atom. The second-order valence-corrected chi connectivity index (χ2v) is 0. The van der Waals surface area contributed by atoms with Gasteiger partial charge in [-0.05, 0) is 0 Å². The van der Waals surface area contributed by atoms with E-state index >= 15 is 0 Å². The maximum Gasteiger partial charge on any atom is 3.00 e. The Kier molecular flexibility index (Phi) is 22600. The van der Waals surface area contributed by atoms with Crippen molar-refractivity contribution in [2.45, 2.75) is 0 Å². The van der Waals surface area contributed by atoms with Crippen LogP contribution in [0.5, 0.6) is 0 Å². The van der Waals surface area contributed by atoms with Crippen molar-refractivity contribution in [2.75, 3.05) is 0 Å². The summed E-state index contributed by atoms with van der Waals surface area (Å²) in [4.78, 5) is 0. The summed E-state index contributed by atoms with van der Waals surface area (Å²) in [5.41, 5.74) is 0. The van der Waals surface area contributed by atoms with E-state index in [4.69, 9.17) is 0 Å². The first kappa shape index (κ1) is 567. The van der Waals surface area contributed by atoms with E-state index in [1.807, 2.05) is 0 Å². The van der Waals surface area contributed by atoms with Crippen LogP contribution in [0.4, 0.5) is 0 Å². The summed E-state index contributed by atoms with van der Waals surface area (Å²) in [6.07, 6.45) is 0. The minimum atomic E-state index is 0. The van der Waals surface area contributed by atoms with Crippen LogP contribution in [-0.4, -0.2) is 55.1 Å². The van der Waals surface area contributed by atoms with Gasteiger partial charge in [0, 0.05) is 0 Å². The molecular weight excluding hydrogens is 271 g/mol. The Morgan fingerprint density at radius 3 is 0.364 bits per heavy atom. The van der Waals surface area contributed by atoms with Gasteiger partial charge in [-0.3, -0.25) is 0 Å². The Labute approximate surface area is 109 Å². The zero-order chi connectivity index (χ0) is 0. The summed E-state index contributed by atoms with van der Waals surface area (Å²) < 4.78 is 0. The third-order valence-electron chi connectivity index (χ3n) is 0. The standard InChI is InChI=1S/Al.Ca.Cr.8FH/h;;;8*1H/q+3;+2;+3;;;;;;;;/p-8. The van der Waals surface area contributed by atoms with E-state index in [2.05, 4.69) is 0 Å². The van der Waals surface area contributed by atoms with Gasteiger partial charge in [-0.1, -0.05) is 0 Å². The van der Waals surface area contributed by atoms with Crippen molar-refractivity contribution in [3.8, 4) is 0 Å². The maximum absolute atomic E-state index is 0. The normalized spacial score (nSPS) is 0. The molecular formula is AlCaCrF8. The fourth-order valence-corrected chi connectivity index (χ4v) is 0. The van der Waals surface area contributed by atoms with Gasteiger partial charge >= 0.3 is 72.5 Å². The molecule has 0 N–H and O–H groups in total. The van der Waals surface area contributed by atoms with Gasteiger partial charge in [0.05, 0.1) is 0 Å². The van der Waals surface area contributed by atoms with Gasteiger partial charge < -0.3 is 37.6 Å². The largest absolute Gasteiger partial charge is 3.00 e. The van der Waals surface area contributed by atoms with E-state index in [-0.39, 0.29) is 110 Å². The van der Waals surface area contributed by atoms with Crippen molar-refractivity contribution >= 4 is 55.1 Å². The molecule has 0 rings (SSSR count). The van der Waals surface area contributed by atoms with Crippen LogP contribution in [0.1, 0.15) is 0 Å². The molecule has 1 radical (unpaired) electrons. The van der Waals surface area contributed by atoms with Gasteiger partial charge in [0.15, 0.2) is 0 Å². The van der Waals surface area contributed by atoms with Gasteiger partial charge in [-0.2, -0.15) is 0 Å². The monoisotopic (exact) mass is 271 g/mol. The molecule has 11 heteroatoms. The number of halogens is 8. The Hall–Kier alpha value is 1.76. The second kappa shape index (κ2) is 438. The van der Waals surface area contributed by atoms with E-state index in [1.54, 1.807) is 0 Å². The van der Waals surface area contributed by atoms with Gasteiger partial charge in [0.25, 0.3) is 0 Å². The van der Waals surface area contributed by atoms with E-state index in [0.717, 1.165) is 0 Å². The predicted molar refractivity (Wildman–Crippen MR) is 11.5 cm³/mol. The molecule has 0 spiro atoms. The molecule has 0 aromatic heterocycles. The second-order valence-electron chi connectivity index (χ2n) is 0. The first-order valence-electron chi connectivity index (χ1n) is 0. The van der Waals surface area contributed by atoms with Crippen LogP contribution in [0.25, 0.3) is 0 Å². The molecule has 0 aliphatic carbocycles. The minimum Gasteiger partial charge on any atom is -1.00 e. The molecule has 0 aliphatic heterocycles. The fraction of sp³-hybridized carbons (Fsp3) is 0. The van der Waals surface area contributed by atoms with Crippen molar-refractivity contribution in [3.63, 3.8) is 0 Å². The number of hydrogen-bond acceptors (Lipinski definition) is 0. The van der Waals surface area contributed by atoms with Gasteiger partial charge in [-0.15, -0.1) is 0 Å².